The molecule has 0 saturated carbocycles. The number of benzene rings is 2. The molecule has 1 aromatic heterocycles. The van der Waals surface area contributed by atoms with Crippen LogP contribution in [0.1, 0.15) is 35.2 Å². The summed E-state index contributed by atoms with van der Waals surface area (Å²) in [4.78, 5) is 27.1. The van der Waals surface area contributed by atoms with E-state index in [2.05, 4.69) is 21.7 Å². The molecule has 28 heavy (non-hydrogen) atoms. The minimum atomic E-state index is -0.437. The SMILES string of the molecule is O=C(CCCc1c[nH]c2ccccc12)NCCCNC(=O)c1cccc(F)c1. The molecule has 0 aliphatic heterocycles. The second-order valence-corrected chi connectivity index (χ2v) is 6.68. The van der Waals surface area contributed by atoms with Gasteiger partial charge >= 0.3 is 0 Å². The van der Waals surface area contributed by atoms with E-state index in [0.29, 0.717) is 31.5 Å². The van der Waals surface area contributed by atoms with Gasteiger partial charge in [-0.15, -0.1) is 0 Å². The lowest BCUT2D eigenvalue weighted by molar-refractivity contribution is -0.121. The molecule has 0 aliphatic rings. The van der Waals surface area contributed by atoms with Crippen molar-refractivity contribution in [2.45, 2.75) is 25.7 Å². The average Bonchev–Trinajstić information content (AvgIpc) is 3.11. The summed E-state index contributed by atoms with van der Waals surface area (Å²) in [5, 5.41) is 6.79. The third-order valence-electron chi connectivity index (χ3n) is 4.57. The van der Waals surface area contributed by atoms with E-state index in [-0.39, 0.29) is 11.8 Å². The van der Waals surface area contributed by atoms with Gasteiger partial charge in [0.1, 0.15) is 5.82 Å². The smallest absolute Gasteiger partial charge is 0.251 e. The average molecular weight is 381 g/mol. The van der Waals surface area contributed by atoms with Gasteiger partial charge in [-0.2, -0.15) is 0 Å². The van der Waals surface area contributed by atoms with Crippen LogP contribution in [-0.2, 0) is 11.2 Å². The fourth-order valence-electron chi connectivity index (χ4n) is 3.12. The maximum absolute atomic E-state index is 13.1. The summed E-state index contributed by atoms with van der Waals surface area (Å²) in [7, 11) is 0. The zero-order chi connectivity index (χ0) is 19.8. The van der Waals surface area contributed by atoms with E-state index in [0.717, 1.165) is 18.4 Å². The van der Waals surface area contributed by atoms with Crippen molar-refractivity contribution < 1.29 is 14.0 Å². The summed E-state index contributed by atoms with van der Waals surface area (Å²) in [6.07, 6.45) is 4.72. The number of carbonyl (C=O) groups is 2. The predicted octanol–water partition coefficient (Wildman–Crippen LogP) is 3.57. The minimum absolute atomic E-state index is 0.0105. The van der Waals surface area contributed by atoms with Crippen molar-refractivity contribution in [2.24, 2.45) is 0 Å². The highest BCUT2D eigenvalue weighted by molar-refractivity contribution is 5.94. The first-order chi connectivity index (χ1) is 13.6. The van der Waals surface area contributed by atoms with E-state index < -0.39 is 5.82 Å². The van der Waals surface area contributed by atoms with Crippen molar-refractivity contribution in [3.8, 4) is 0 Å². The molecule has 0 spiro atoms. The molecule has 0 aliphatic carbocycles. The first-order valence-electron chi connectivity index (χ1n) is 9.49. The first-order valence-corrected chi connectivity index (χ1v) is 9.49. The Morgan fingerprint density at radius 3 is 2.64 bits per heavy atom. The Morgan fingerprint density at radius 1 is 0.964 bits per heavy atom. The molecule has 146 valence electrons. The number of aromatic amines is 1. The highest BCUT2D eigenvalue weighted by atomic mass is 19.1. The van der Waals surface area contributed by atoms with Gasteiger partial charge in [-0.05, 0) is 49.1 Å². The van der Waals surface area contributed by atoms with E-state index in [9.17, 15) is 14.0 Å². The number of hydrogen-bond acceptors (Lipinski definition) is 2. The van der Waals surface area contributed by atoms with Crippen molar-refractivity contribution in [1.82, 2.24) is 15.6 Å². The summed E-state index contributed by atoms with van der Waals surface area (Å²) in [6, 6.07) is 13.7. The number of carbonyl (C=O) groups excluding carboxylic acids is 2. The summed E-state index contributed by atoms with van der Waals surface area (Å²) in [5.41, 5.74) is 2.63. The van der Waals surface area contributed by atoms with Crippen LogP contribution in [0.25, 0.3) is 10.9 Å². The minimum Gasteiger partial charge on any atom is -0.361 e. The largest absolute Gasteiger partial charge is 0.361 e. The standard InChI is InChI=1S/C22H24FN3O2/c23-18-8-3-6-16(14-18)22(28)25-13-5-12-24-21(27)11-4-7-17-15-26-20-10-2-1-9-19(17)20/h1-3,6,8-10,14-15,26H,4-5,7,11-13H2,(H,24,27)(H,25,28). The Bertz CT molecular complexity index is 952. The monoisotopic (exact) mass is 381 g/mol. The number of nitrogens with one attached hydrogen (secondary N) is 3. The molecule has 0 bridgehead atoms. The molecule has 2 amide bonds. The summed E-state index contributed by atoms with van der Waals surface area (Å²) in [5.74, 6) is -0.742. The van der Waals surface area contributed by atoms with Gasteiger partial charge in [-0.1, -0.05) is 24.3 Å². The van der Waals surface area contributed by atoms with Crippen molar-refractivity contribution in [3.05, 3.63) is 71.7 Å². The number of aromatic nitrogens is 1. The Balaban J connectivity index is 1.29. The van der Waals surface area contributed by atoms with Gasteiger partial charge in [-0.25, -0.2) is 4.39 Å². The van der Waals surface area contributed by atoms with Gasteiger partial charge in [0.15, 0.2) is 0 Å². The molecular weight excluding hydrogens is 357 g/mol. The third-order valence-corrected chi connectivity index (χ3v) is 4.57. The lowest BCUT2D eigenvalue weighted by Crippen LogP contribution is -2.29. The maximum atomic E-state index is 13.1. The van der Waals surface area contributed by atoms with Crippen LogP contribution in [0.15, 0.2) is 54.7 Å². The Morgan fingerprint density at radius 2 is 1.79 bits per heavy atom. The number of amides is 2. The van der Waals surface area contributed by atoms with Crippen LogP contribution in [0.3, 0.4) is 0 Å². The van der Waals surface area contributed by atoms with E-state index in [1.807, 2.05) is 24.4 Å². The molecule has 0 fully saturated rings. The molecule has 2 aromatic carbocycles. The number of H-pyrrole nitrogens is 1. The van der Waals surface area contributed by atoms with Crippen molar-refractivity contribution in [2.75, 3.05) is 13.1 Å². The molecule has 0 radical (unpaired) electrons. The highest BCUT2D eigenvalue weighted by Crippen LogP contribution is 2.19. The van der Waals surface area contributed by atoms with Crippen LogP contribution in [-0.4, -0.2) is 29.9 Å². The second-order valence-electron chi connectivity index (χ2n) is 6.68. The molecule has 3 N–H and O–H groups in total. The quantitative estimate of drug-likeness (QED) is 0.496. The number of rotatable bonds is 9. The lowest BCUT2D eigenvalue weighted by Gasteiger charge is -2.07. The number of hydrogen-bond donors (Lipinski definition) is 3. The number of fused-ring (bicyclic) bond motifs is 1. The zero-order valence-electron chi connectivity index (χ0n) is 15.6. The fourth-order valence-corrected chi connectivity index (χ4v) is 3.12. The fraction of sp³-hybridized carbons (Fsp3) is 0.273. The van der Waals surface area contributed by atoms with Crippen molar-refractivity contribution in [1.29, 1.82) is 0 Å². The first kappa shape index (κ1) is 19.6. The van der Waals surface area contributed by atoms with Crippen LogP contribution < -0.4 is 10.6 Å². The van der Waals surface area contributed by atoms with E-state index in [4.69, 9.17) is 0 Å². The molecule has 0 atom stereocenters. The number of halogens is 1. The highest BCUT2D eigenvalue weighted by Gasteiger charge is 2.07. The molecular formula is C22H24FN3O2. The predicted molar refractivity (Wildman–Crippen MR) is 108 cm³/mol. The lowest BCUT2D eigenvalue weighted by atomic mass is 10.1. The van der Waals surface area contributed by atoms with Gasteiger partial charge < -0.3 is 15.6 Å². The summed E-state index contributed by atoms with van der Waals surface area (Å²) in [6.45, 7) is 0.917. The Kier molecular flexibility index (Phi) is 6.78. The molecule has 0 unspecified atom stereocenters. The topological polar surface area (TPSA) is 74.0 Å². The van der Waals surface area contributed by atoms with Crippen LogP contribution >= 0.6 is 0 Å². The van der Waals surface area contributed by atoms with Crippen LogP contribution in [0, 0.1) is 5.82 Å². The summed E-state index contributed by atoms with van der Waals surface area (Å²) < 4.78 is 13.1. The molecule has 0 saturated heterocycles. The van der Waals surface area contributed by atoms with E-state index in [1.54, 1.807) is 6.07 Å². The second kappa shape index (κ2) is 9.69. The number of para-hydroxylation sites is 1. The van der Waals surface area contributed by atoms with Crippen LogP contribution in [0.4, 0.5) is 4.39 Å². The van der Waals surface area contributed by atoms with Gasteiger partial charge in [0.2, 0.25) is 5.91 Å². The van der Waals surface area contributed by atoms with Gasteiger partial charge in [0.25, 0.3) is 5.91 Å². The molecule has 1 heterocycles. The van der Waals surface area contributed by atoms with Crippen molar-refractivity contribution in [3.63, 3.8) is 0 Å². The summed E-state index contributed by atoms with van der Waals surface area (Å²) >= 11 is 0. The van der Waals surface area contributed by atoms with E-state index in [1.165, 1.54) is 29.1 Å². The van der Waals surface area contributed by atoms with Gasteiger partial charge in [0, 0.05) is 42.2 Å². The van der Waals surface area contributed by atoms with E-state index >= 15 is 0 Å². The van der Waals surface area contributed by atoms with Crippen LogP contribution in [0.5, 0.6) is 0 Å². The van der Waals surface area contributed by atoms with Gasteiger partial charge in [0.05, 0.1) is 0 Å². The normalized spacial score (nSPS) is 10.8. The Hall–Kier alpha value is -3.15. The molecule has 6 heteroatoms. The number of aryl methyl sites for hydroxylation is 1. The molecule has 3 aromatic rings. The van der Waals surface area contributed by atoms with Crippen molar-refractivity contribution >= 4 is 22.7 Å². The molecule has 3 rings (SSSR count). The maximum Gasteiger partial charge on any atom is 0.251 e. The Labute approximate surface area is 163 Å². The van der Waals surface area contributed by atoms with Crippen LogP contribution in [0.2, 0.25) is 0 Å². The third kappa shape index (κ3) is 5.42. The zero-order valence-corrected chi connectivity index (χ0v) is 15.6. The molecule has 5 nitrogen and oxygen atoms in total. The van der Waals surface area contributed by atoms with Gasteiger partial charge in [-0.3, -0.25) is 9.59 Å².